The molecule has 1 aromatic rings. The van der Waals surface area contributed by atoms with E-state index >= 15 is 0 Å². The van der Waals surface area contributed by atoms with Crippen molar-refractivity contribution in [1.29, 1.82) is 0 Å². The number of aliphatic hydroxyl groups is 3. The topological polar surface area (TPSA) is 235 Å². The number of anilines is 1. The number of carbonyl (C=O) groups excluding carboxylic acids is 1. The Kier molecular flexibility index (Phi) is 6.21. The van der Waals surface area contributed by atoms with Crippen molar-refractivity contribution in [3.63, 3.8) is 0 Å². The molecule has 2 heterocycles. The fourth-order valence-electron chi connectivity index (χ4n) is 1.87. The maximum absolute atomic E-state index is 11.0. The van der Waals surface area contributed by atoms with E-state index < -0.39 is 44.9 Å². The first kappa shape index (κ1) is 19.5. The first-order valence-corrected chi connectivity index (χ1v) is 7.56. The summed E-state index contributed by atoms with van der Waals surface area (Å²) in [7, 11) is -4.64. The molecular formula is C9H17N4O9P. The third-order valence-corrected chi connectivity index (χ3v) is 2.86. The van der Waals surface area contributed by atoms with Crippen LogP contribution < -0.4 is 11.5 Å². The van der Waals surface area contributed by atoms with Crippen molar-refractivity contribution in [2.24, 2.45) is 5.73 Å². The van der Waals surface area contributed by atoms with Gasteiger partial charge in [0.1, 0.15) is 24.1 Å². The van der Waals surface area contributed by atoms with E-state index in [0.717, 1.165) is 0 Å². The summed E-state index contributed by atoms with van der Waals surface area (Å²) in [5.74, 6) is -0.879. The summed E-state index contributed by atoms with van der Waals surface area (Å²) in [5.41, 5.74) is 10.6. The number of phosphoric acid groups is 1. The molecule has 0 radical (unpaired) electrons. The molecule has 13 nitrogen and oxygen atoms in total. The fraction of sp³-hybridized carbons (Fsp3) is 0.556. The van der Waals surface area contributed by atoms with E-state index in [2.05, 4.69) is 4.98 Å². The van der Waals surface area contributed by atoms with Crippen LogP contribution in [0.5, 0.6) is 0 Å². The van der Waals surface area contributed by atoms with E-state index in [1.165, 1.54) is 10.9 Å². The third-order valence-electron chi connectivity index (χ3n) is 2.86. The molecule has 0 aromatic carbocycles. The highest BCUT2D eigenvalue weighted by Gasteiger charge is 2.44. The zero-order valence-electron chi connectivity index (χ0n) is 11.5. The zero-order chi connectivity index (χ0) is 17.9. The number of ether oxygens (including phenoxy) is 1. The van der Waals surface area contributed by atoms with Crippen LogP contribution in [0.3, 0.4) is 0 Å². The number of hydrogen-bond donors (Lipinski definition) is 8. The van der Waals surface area contributed by atoms with Crippen LogP contribution in [0.4, 0.5) is 5.82 Å². The zero-order valence-corrected chi connectivity index (χ0v) is 12.4. The number of nitrogen functional groups attached to an aromatic ring is 1. The average Bonchev–Trinajstić information content (AvgIpc) is 2.90. The molecule has 0 bridgehead atoms. The second-order valence-electron chi connectivity index (χ2n) is 4.49. The van der Waals surface area contributed by atoms with Crippen LogP contribution in [0.1, 0.15) is 16.7 Å². The minimum atomic E-state index is -4.64. The molecule has 14 heteroatoms. The Hall–Kier alpha value is -1.57. The molecule has 0 spiro atoms. The van der Waals surface area contributed by atoms with E-state index in [1.54, 1.807) is 0 Å². The van der Waals surface area contributed by atoms with Gasteiger partial charge >= 0.3 is 7.82 Å². The number of amides is 1. The Morgan fingerprint density at radius 2 is 1.87 bits per heavy atom. The Labute approximate surface area is 129 Å². The third kappa shape index (κ3) is 4.95. The molecule has 1 aliphatic heterocycles. The van der Waals surface area contributed by atoms with Crippen molar-refractivity contribution < 1.29 is 44.1 Å². The van der Waals surface area contributed by atoms with Gasteiger partial charge in [-0.25, -0.2) is 9.55 Å². The summed E-state index contributed by atoms with van der Waals surface area (Å²) >= 11 is 0. The number of nitrogens with zero attached hydrogens (tertiary/aromatic N) is 2. The Bertz CT molecular complexity index is 594. The van der Waals surface area contributed by atoms with Crippen molar-refractivity contribution in [1.82, 2.24) is 9.55 Å². The smallest absolute Gasteiger partial charge is 0.394 e. The molecule has 2 rings (SSSR count). The number of rotatable bonds is 3. The lowest BCUT2D eigenvalue weighted by Crippen LogP contribution is -2.33. The van der Waals surface area contributed by atoms with Crippen molar-refractivity contribution in [2.75, 3.05) is 12.3 Å². The van der Waals surface area contributed by atoms with Gasteiger partial charge in [0.15, 0.2) is 11.9 Å². The maximum atomic E-state index is 11.0. The van der Waals surface area contributed by atoms with Gasteiger partial charge < -0.3 is 46.2 Å². The van der Waals surface area contributed by atoms with Crippen molar-refractivity contribution in [2.45, 2.75) is 24.5 Å². The van der Waals surface area contributed by atoms with Crippen molar-refractivity contribution in [3.05, 3.63) is 12.0 Å². The summed E-state index contributed by atoms with van der Waals surface area (Å²) in [6, 6.07) is 0. The van der Waals surface area contributed by atoms with Crippen molar-refractivity contribution in [3.8, 4) is 0 Å². The fourth-order valence-corrected chi connectivity index (χ4v) is 1.87. The predicted molar refractivity (Wildman–Crippen MR) is 72.4 cm³/mol. The Balaban J connectivity index is 0.000000463. The SMILES string of the molecule is NC(=O)c1ncn([C@@H]2O[C@H](CO)C(O)[C@@H]2O)c1N.O=P(O)(O)O. The highest BCUT2D eigenvalue weighted by Crippen LogP contribution is 2.31. The van der Waals surface area contributed by atoms with E-state index in [0.29, 0.717) is 0 Å². The van der Waals surface area contributed by atoms with E-state index in [-0.39, 0.29) is 11.5 Å². The summed E-state index contributed by atoms with van der Waals surface area (Å²) < 4.78 is 15.3. The van der Waals surface area contributed by atoms with Crippen LogP contribution in [0.25, 0.3) is 0 Å². The van der Waals surface area contributed by atoms with Crippen LogP contribution in [0.2, 0.25) is 0 Å². The molecule has 1 fully saturated rings. The lowest BCUT2D eigenvalue weighted by atomic mass is 10.1. The molecule has 10 N–H and O–H groups in total. The average molecular weight is 356 g/mol. The van der Waals surface area contributed by atoms with Gasteiger partial charge in [-0.2, -0.15) is 0 Å². The van der Waals surface area contributed by atoms with Crippen molar-refractivity contribution >= 4 is 19.5 Å². The van der Waals surface area contributed by atoms with E-state index in [4.69, 9.17) is 40.6 Å². The van der Waals surface area contributed by atoms with Crippen LogP contribution in [0, 0.1) is 0 Å². The summed E-state index contributed by atoms with van der Waals surface area (Å²) in [6.07, 6.45) is -3.32. The number of primary amides is 1. The highest BCUT2D eigenvalue weighted by molar-refractivity contribution is 7.45. The van der Waals surface area contributed by atoms with Gasteiger partial charge in [-0.05, 0) is 0 Å². The minimum Gasteiger partial charge on any atom is -0.394 e. The van der Waals surface area contributed by atoms with Gasteiger partial charge in [-0.1, -0.05) is 0 Å². The van der Waals surface area contributed by atoms with Crippen LogP contribution in [-0.4, -0.2) is 70.4 Å². The number of carbonyl (C=O) groups is 1. The molecule has 1 aromatic heterocycles. The van der Waals surface area contributed by atoms with Gasteiger partial charge in [0.2, 0.25) is 0 Å². The highest BCUT2D eigenvalue weighted by atomic mass is 31.2. The first-order valence-electron chi connectivity index (χ1n) is 6.00. The predicted octanol–water partition coefficient (Wildman–Crippen LogP) is -3.75. The molecule has 4 atom stereocenters. The van der Waals surface area contributed by atoms with E-state index in [1.807, 2.05) is 0 Å². The quantitative estimate of drug-likeness (QED) is 0.245. The first-order chi connectivity index (χ1) is 10.5. The molecule has 0 saturated carbocycles. The number of hydrogen-bond acceptors (Lipinski definition) is 8. The molecule has 1 unspecified atom stereocenters. The molecule has 1 aliphatic rings. The van der Waals surface area contributed by atoms with Crippen LogP contribution >= 0.6 is 7.82 Å². The minimum absolute atomic E-state index is 0.0719. The van der Waals surface area contributed by atoms with Crippen LogP contribution in [0.15, 0.2) is 6.33 Å². The van der Waals surface area contributed by atoms with Gasteiger partial charge in [0.05, 0.1) is 12.9 Å². The maximum Gasteiger partial charge on any atom is 0.466 e. The molecule has 1 saturated heterocycles. The van der Waals surface area contributed by atoms with Gasteiger partial charge in [0.25, 0.3) is 5.91 Å². The Morgan fingerprint density at radius 1 is 1.35 bits per heavy atom. The second kappa shape index (κ2) is 7.33. The number of aromatic nitrogens is 2. The summed E-state index contributed by atoms with van der Waals surface area (Å²) in [6.45, 7) is -0.452. The van der Waals surface area contributed by atoms with Gasteiger partial charge in [0, 0.05) is 0 Å². The van der Waals surface area contributed by atoms with Gasteiger partial charge in [-0.15, -0.1) is 0 Å². The summed E-state index contributed by atoms with van der Waals surface area (Å²) in [5, 5.41) is 28.3. The molecule has 0 aliphatic carbocycles. The molecule has 1 amide bonds. The largest absolute Gasteiger partial charge is 0.466 e. The number of imidazole rings is 1. The molecular weight excluding hydrogens is 339 g/mol. The molecule has 23 heavy (non-hydrogen) atoms. The standard InChI is InChI=1S/C9H14N4O5.H3O4P/c10-7-4(8(11)17)12-2-13(7)9-6(16)5(15)3(1-14)18-9;1-5(2,3)4/h2-3,5-6,9,14-16H,1,10H2,(H2,11,17);(H3,1,2,3,4)/t3-,5?,6+,9-;/m1./s1. The second-order valence-corrected chi connectivity index (χ2v) is 5.52. The number of aliphatic hydroxyl groups excluding tert-OH is 3. The normalized spacial score (nSPS) is 27.4. The number of nitrogens with two attached hydrogens (primary N) is 2. The van der Waals surface area contributed by atoms with Crippen LogP contribution in [-0.2, 0) is 9.30 Å². The van der Waals surface area contributed by atoms with Gasteiger partial charge in [-0.3, -0.25) is 9.36 Å². The van der Waals surface area contributed by atoms with E-state index in [9.17, 15) is 15.0 Å². The molecule has 132 valence electrons. The lowest BCUT2D eigenvalue weighted by Gasteiger charge is -2.17. The summed E-state index contributed by atoms with van der Waals surface area (Å²) in [4.78, 5) is 36.3. The lowest BCUT2D eigenvalue weighted by molar-refractivity contribution is -0.0518. The Morgan fingerprint density at radius 3 is 2.22 bits per heavy atom. The monoisotopic (exact) mass is 356 g/mol.